The van der Waals surface area contributed by atoms with Crippen LogP contribution < -0.4 is 0 Å². The van der Waals surface area contributed by atoms with Gasteiger partial charge in [0, 0.05) is 6.42 Å². The van der Waals surface area contributed by atoms with Crippen molar-refractivity contribution in [3.63, 3.8) is 0 Å². The van der Waals surface area contributed by atoms with Crippen molar-refractivity contribution in [1.82, 2.24) is 4.98 Å². The lowest BCUT2D eigenvalue weighted by molar-refractivity contribution is -0.290. The van der Waals surface area contributed by atoms with E-state index in [1.54, 1.807) is 18.2 Å². The second kappa shape index (κ2) is 6.60. The third kappa shape index (κ3) is 4.38. The van der Waals surface area contributed by atoms with Crippen LogP contribution in [0.3, 0.4) is 0 Å². The van der Waals surface area contributed by atoms with Gasteiger partial charge in [-0.2, -0.15) is 26.3 Å². The molecule has 0 radical (unpaired) electrons. The van der Waals surface area contributed by atoms with Gasteiger partial charge in [0.1, 0.15) is 11.6 Å². The normalized spacial score (nSPS) is 15.9. The third-order valence-electron chi connectivity index (χ3n) is 3.39. The first-order chi connectivity index (χ1) is 11.0. The first-order valence-corrected chi connectivity index (χ1v) is 6.83. The Morgan fingerprint density at radius 1 is 0.958 bits per heavy atom. The van der Waals surface area contributed by atoms with E-state index in [2.05, 4.69) is 4.98 Å². The Morgan fingerprint density at radius 2 is 1.54 bits per heavy atom. The van der Waals surface area contributed by atoms with E-state index < -0.39 is 43.3 Å². The monoisotopic (exact) mass is 357 g/mol. The Kier molecular flexibility index (Phi) is 5.09. The number of benzene rings is 1. The highest BCUT2D eigenvalue weighted by Gasteiger charge is 2.56. The molecule has 2 unspecified atom stereocenters. The summed E-state index contributed by atoms with van der Waals surface area (Å²) in [5.74, 6) is -3.96. The summed E-state index contributed by atoms with van der Waals surface area (Å²) in [5.41, 5.74) is 0.661. The van der Waals surface area contributed by atoms with Gasteiger partial charge in [0.25, 0.3) is 0 Å². The maximum atomic E-state index is 12.5. The predicted molar refractivity (Wildman–Crippen MR) is 69.8 cm³/mol. The third-order valence-corrected chi connectivity index (χ3v) is 3.39. The molecule has 0 aliphatic carbocycles. The van der Waals surface area contributed by atoms with Crippen molar-refractivity contribution < 1.29 is 41.0 Å². The van der Waals surface area contributed by atoms with Crippen molar-refractivity contribution in [2.24, 2.45) is 5.92 Å². The number of fused-ring (bicyclic) bond motifs is 1. The van der Waals surface area contributed by atoms with Gasteiger partial charge in [-0.3, -0.25) is 0 Å². The Balaban J connectivity index is 2.06. The highest BCUT2D eigenvalue weighted by molar-refractivity contribution is 5.72. The second-order valence-electron chi connectivity index (χ2n) is 5.30. The number of nitrogens with zero attached hydrogens (tertiary/aromatic N) is 1. The highest BCUT2D eigenvalue weighted by Crippen LogP contribution is 2.42. The van der Waals surface area contributed by atoms with Crippen molar-refractivity contribution in [3.05, 3.63) is 30.2 Å². The van der Waals surface area contributed by atoms with Crippen molar-refractivity contribution in [2.45, 2.75) is 37.4 Å². The van der Waals surface area contributed by atoms with Crippen LogP contribution in [0.1, 0.15) is 24.8 Å². The van der Waals surface area contributed by atoms with E-state index in [1.807, 2.05) is 0 Å². The molecule has 0 spiro atoms. The van der Waals surface area contributed by atoms with E-state index in [1.165, 1.54) is 6.07 Å². The largest absolute Gasteiger partial charge is 0.438 e. The van der Waals surface area contributed by atoms with Gasteiger partial charge in [0.05, 0.1) is 6.10 Å². The standard InChI is InChI=1S/C14H13F6NO3/c15-13(16,17)11(14(18,19)20)6-7(22)5-9(23)12-21-8-3-1-2-4-10(8)24-12/h1-4,7,9,11,22-23H,5-6H2. The molecule has 134 valence electrons. The van der Waals surface area contributed by atoms with Crippen molar-refractivity contribution in [1.29, 1.82) is 0 Å². The van der Waals surface area contributed by atoms with Crippen molar-refractivity contribution in [2.75, 3.05) is 0 Å². The molecule has 0 saturated carbocycles. The van der Waals surface area contributed by atoms with Gasteiger partial charge >= 0.3 is 12.4 Å². The fourth-order valence-electron chi connectivity index (χ4n) is 2.21. The van der Waals surface area contributed by atoms with Crippen LogP contribution in [0.15, 0.2) is 28.7 Å². The van der Waals surface area contributed by atoms with Crippen molar-refractivity contribution >= 4 is 11.1 Å². The summed E-state index contributed by atoms with van der Waals surface area (Å²) in [7, 11) is 0. The van der Waals surface area contributed by atoms with Gasteiger partial charge < -0.3 is 14.6 Å². The number of hydrogen-bond donors (Lipinski definition) is 2. The molecular weight excluding hydrogens is 344 g/mol. The average molecular weight is 357 g/mol. The first-order valence-electron chi connectivity index (χ1n) is 6.83. The summed E-state index contributed by atoms with van der Waals surface area (Å²) < 4.78 is 79.9. The van der Waals surface area contributed by atoms with Crippen LogP contribution in [0.25, 0.3) is 11.1 Å². The highest BCUT2D eigenvalue weighted by atomic mass is 19.4. The molecule has 0 amide bonds. The maximum Gasteiger partial charge on any atom is 0.400 e. The van der Waals surface area contributed by atoms with Crippen LogP contribution in [0.5, 0.6) is 0 Å². The van der Waals surface area contributed by atoms with Crippen molar-refractivity contribution in [3.8, 4) is 0 Å². The molecule has 0 bridgehead atoms. The maximum absolute atomic E-state index is 12.5. The molecule has 2 aromatic rings. The van der Waals surface area contributed by atoms with Gasteiger partial charge in [0.15, 0.2) is 11.5 Å². The fourth-order valence-corrected chi connectivity index (χ4v) is 2.21. The number of rotatable bonds is 5. The van der Waals surface area contributed by atoms with Crippen LogP contribution in [-0.4, -0.2) is 33.7 Å². The van der Waals surface area contributed by atoms with Gasteiger partial charge in [-0.05, 0) is 18.6 Å². The van der Waals surface area contributed by atoms with E-state index in [9.17, 15) is 36.6 Å². The zero-order valence-electron chi connectivity index (χ0n) is 12.0. The topological polar surface area (TPSA) is 66.5 Å². The minimum atomic E-state index is -5.54. The molecule has 1 heterocycles. The van der Waals surface area contributed by atoms with Crippen LogP contribution in [-0.2, 0) is 0 Å². The number of halogens is 6. The van der Waals surface area contributed by atoms with Crippen LogP contribution in [0.2, 0.25) is 0 Å². The molecule has 1 aromatic carbocycles. The molecule has 2 N–H and O–H groups in total. The van der Waals surface area contributed by atoms with E-state index in [-0.39, 0.29) is 5.89 Å². The summed E-state index contributed by atoms with van der Waals surface area (Å²) in [6, 6.07) is 6.33. The molecule has 4 nitrogen and oxygen atoms in total. The molecule has 0 aliphatic rings. The number of aliphatic hydroxyl groups excluding tert-OH is 2. The van der Waals surface area contributed by atoms with E-state index in [0.29, 0.717) is 11.1 Å². The van der Waals surface area contributed by atoms with E-state index >= 15 is 0 Å². The molecule has 2 atom stereocenters. The van der Waals surface area contributed by atoms with Gasteiger partial charge in [0.2, 0.25) is 5.89 Å². The summed E-state index contributed by atoms with van der Waals surface area (Å²) in [4.78, 5) is 3.87. The molecule has 0 aliphatic heterocycles. The lowest BCUT2D eigenvalue weighted by atomic mass is 9.97. The number of oxazole rings is 1. The fraction of sp³-hybridized carbons (Fsp3) is 0.500. The Hall–Kier alpha value is -1.81. The Morgan fingerprint density at radius 3 is 2.08 bits per heavy atom. The SMILES string of the molecule is OC(CC(O)c1nc2ccccc2o1)CC(C(F)(F)F)C(F)(F)F. The Bertz CT molecular complexity index is 634. The quantitative estimate of drug-likeness (QED) is 0.800. The summed E-state index contributed by atoms with van der Waals surface area (Å²) in [5, 5.41) is 19.4. The van der Waals surface area contributed by atoms with E-state index in [4.69, 9.17) is 4.42 Å². The number of alkyl halides is 6. The van der Waals surface area contributed by atoms with Gasteiger partial charge in [-0.25, -0.2) is 4.98 Å². The zero-order valence-corrected chi connectivity index (χ0v) is 12.0. The summed E-state index contributed by atoms with van der Waals surface area (Å²) >= 11 is 0. The van der Waals surface area contributed by atoms with Gasteiger partial charge in [-0.1, -0.05) is 12.1 Å². The molecule has 10 heteroatoms. The number of aromatic nitrogens is 1. The molecular formula is C14H13F6NO3. The minimum Gasteiger partial charge on any atom is -0.438 e. The molecule has 0 fully saturated rings. The number of aliphatic hydroxyl groups is 2. The Labute approximate surface area is 131 Å². The smallest absolute Gasteiger partial charge is 0.400 e. The van der Waals surface area contributed by atoms with E-state index in [0.717, 1.165) is 0 Å². The zero-order chi connectivity index (χ0) is 18.1. The van der Waals surface area contributed by atoms with Crippen LogP contribution >= 0.6 is 0 Å². The second-order valence-corrected chi connectivity index (χ2v) is 5.30. The molecule has 24 heavy (non-hydrogen) atoms. The lowest BCUT2D eigenvalue weighted by Crippen LogP contribution is -2.39. The molecule has 0 saturated heterocycles. The number of para-hydroxylation sites is 2. The van der Waals surface area contributed by atoms with Crippen LogP contribution in [0, 0.1) is 5.92 Å². The molecule has 2 rings (SSSR count). The number of hydrogen-bond acceptors (Lipinski definition) is 4. The average Bonchev–Trinajstić information content (AvgIpc) is 2.86. The minimum absolute atomic E-state index is 0.286. The molecule has 1 aromatic heterocycles. The van der Waals surface area contributed by atoms with Gasteiger partial charge in [-0.15, -0.1) is 0 Å². The summed E-state index contributed by atoms with van der Waals surface area (Å²) in [6.45, 7) is 0. The first kappa shape index (κ1) is 18.5. The summed E-state index contributed by atoms with van der Waals surface area (Å²) in [6.07, 6.45) is -17.1. The predicted octanol–water partition coefficient (Wildman–Crippen LogP) is 3.74. The lowest BCUT2D eigenvalue weighted by Gasteiger charge is -2.25. The van der Waals surface area contributed by atoms with Crippen LogP contribution in [0.4, 0.5) is 26.3 Å².